The Kier molecular flexibility index (Phi) is 3.07. The number of fused-ring (bicyclic) bond motifs is 1. The smallest absolute Gasteiger partial charge is 0.121 e. The zero-order valence-corrected chi connectivity index (χ0v) is 11.6. The van der Waals surface area contributed by atoms with E-state index >= 15 is 0 Å². The number of nitrogens with one attached hydrogen (secondary N) is 1. The van der Waals surface area contributed by atoms with Crippen LogP contribution < -0.4 is 5.32 Å². The molecule has 20 heavy (non-hydrogen) atoms. The van der Waals surface area contributed by atoms with Crippen molar-refractivity contribution >= 4 is 0 Å². The summed E-state index contributed by atoms with van der Waals surface area (Å²) in [4.78, 5) is 4.64. The molecule has 0 radical (unpaired) electrons. The molecule has 1 atom stereocenters. The first kappa shape index (κ1) is 12.2. The second-order valence-corrected chi connectivity index (χ2v) is 5.95. The van der Waals surface area contributed by atoms with E-state index in [-0.39, 0.29) is 0 Å². The van der Waals surface area contributed by atoms with E-state index < -0.39 is 0 Å². The highest BCUT2D eigenvalue weighted by Crippen LogP contribution is 2.37. The summed E-state index contributed by atoms with van der Waals surface area (Å²) in [5, 5.41) is 3.55. The number of hydrogen-bond acceptors (Lipinski definition) is 3. The molecule has 0 amide bonds. The minimum absolute atomic E-state index is 0.412. The molecule has 0 saturated heterocycles. The zero-order valence-electron chi connectivity index (χ0n) is 11.6. The van der Waals surface area contributed by atoms with E-state index in [1.165, 1.54) is 42.5 Å². The Balaban J connectivity index is 1.62. The van der Waals surface area contributed by atoms with Crippen molar-refractivity contribution in [3.8, 4) is 0 Å². The van der Waals surface area contributed by atoms with Crippen molar-refractivity contribution < 1.29 is 4.42 Å². The Morgan fingerprint density at radius 3 is 3.10 bits per heavy atom. The zero-order chi connectivity index (χ0) is 13.4. The molecular weight excluding hydrogens is 248 g/mol. The standard InChI is InChI=1S/C17H20N2O/c1-3-12-4-2-9-18-17(12)15(5-1)14-8-10-20-16(14)11-19-13-6-7-13/h2,4,8-10,13,15,19H,1,3,5-7,11H2. The summed E-state index contributed by atoms with van der Waals surface area (Å²) in [5.41, 5.74) is 4.00. The topological polar surface area (TPSA) is 38.1 Å². The molecule has 1 unspecified atom stereocenters. The maximum Gasteiger partial charge on any atom is 0.121 e. The van der Waals surface area contributed by atoms with Gasteiger partial charge in [0.2, 0.25) is 0 Å². The number of rotatable bonds is 4. The number of furan rings is 1. The average molecular weight is 268 g/mol. The highest BCUT2D eigenvalue weighted by atomic mass is 16.3. The van der Waals surface area contributed by atoms with Crippen LogP contribution in [0.15, 0.2) is 35.1 Å². The van der Waals surface area contributed by atoms with Crippen molar-refractivity contribution in [3.63, 3.8) is 0 Å². The minimum atomic E-state index is 0.412. The Morgan fingerprint density at radius 2 is 2.20 bits per heavy atom. The van der Waals surface area contributed by atoms with Gasteiger partial charge < -0.3 is 9.73 Å². The lowest BCUT2D eigenvalue weighted by Crippen LogP contribution is -2.18. The van der Waals surface area contributed by atoms with E-state index in [2.05, 4.69) is 22.4 Å². The van der Waals surface area contributed by atoms with Gasteiger partial charge in [-0.3, -0.25) is 4.98 Å². The van der Waals surface area contributed by atoms with E-state index in [0.717, 1.165) is 18.7 Å². The van der Waals surface area contributed by atoms with Crippen molar-refractivity contribution in [3.05, 3.63) is 53.2 Å². The summed E-state index contributed by atoms with van der Waals surface area (Å²) in [6.45, 7) is 0.853. The number of pyridine rings is 1. The van der Waals surface area contributed by atoms with Gasteiger partial charge in [-0.05, 0) is 49.8 Å². The normalized spacial score (nSPS) is 21.7. The lowest BCUT2D eigenvalue weighted by atomic mass is 9.82. The summed E-state index contributed by atoms with van der Waals surface area (Å²) in [7, 11) is 0. The molecule has 1 fully saturated rings. The fourth-order valence-electron chi connectivity index (χ4n) is 3.24. The van der Waals surface area contributed by atoms with E-state index in [4.69, 9.17) is 4.42 Å². The monoisotopic (exact) mass is 268 g/mol. The third-order valence-corrected chi connectivity index (χ3v) is 4.48. The van der Waals surface area contributed by atoms with Crippen molar-refractivity contribution in [2.75, 3.05) is 0 Å². The Bertz CT molecular complexity index is 601. The van der Waals surface area contributed by atoms with Gasteiger partial charge in [-0.25, -0.2) is 0 Å². The molecular formula is C17H20N2O. The van der Waals surface area contributed by atoms with Crippen LogP contribution in [-0.2, 0) is 13.0 Å². The van der Waals surface area contributed by atoms with Crippen LogP contribution in [0.25, 0.3) is 0 Å². The van der Waals surface area contributed by atoms with Gasteiger partial charge >= 0.3 is 0 Å². The van der Waals surface area contributed by atoms with Gasteiger partial charge in [0.25, 0.3) is 0 Å². The Hall–Kier alpha value is -1.61. The molecule has 2 aromatic rings. The molecule has 104 valence electrons. The van der Waals surface area contributed by atoms with E-state index in [1.54, 1.807) is 0 Å². The van der Waals surface area contributed by atoms with Crippen molar-refractivity contribution in [2.24, 2.45) is 0 Å². The molecule has 2 heterocycles. The van der Waals surface area contributed by atoms with Gasteiger partial charge in [0.1, 0.15) is 5.76 Å². The third-order valence-electron chi connectivity index (χ3n) is 4.48. The van der Waals surface area contributed by atoms with Crippen LogP contribution in [0.5, 0.6) is 0 Å². The first-order chi connectivity index (χ1) is 9.92. The lowest BCUT2D eigenvalue weighted by molar-refractivity contribution is 0.470. The van der Waals surface area contributed by atoms with Gasteiger partial charge in [-0.2, -0.15) is 0 Å². The average Bonchev–Trinajstić information content (AvgIpc) is 3.21. The molecule has 2 aliphatic carbocycles. The summed E-state index contributed by atoms with van der Waals surface area (Å²) < 4.78 is 5.72. The van der Waals surface area contributed by atoms with Gasteiger partial charge in [0.15, 0.2) is 0 Å². The first-order valence-corrected chi connectivity index (χ1v) is 7.65. The third kappa shape index (κ3) is 2.27. The molecule has 3 heteroatoms. The highest BCUT2D eigenvalue weighted by molar-refractivity contribution is 5.36. The number of hydrogen-bond donors (Lipinski definition) is 1. The second kappa shape index (κ2) is 5.06. The largest absolute Gasteiger partial charge is 0.468 e. The van der Waals surface area contributed by atoms with Crippen LogP contribution in [0.4, 0.5) is 0 Å². The molecule has 0 spiro atoms. The fraction of sp³-hybridized carbons (Fsp3) is 0.471. The van der Waals surface area contributed by atoms with Crippen LogP contribution in [0.3, 0.4) is 0 Å². The maximum atomic E-state index is 5.72. The van der Waals surface area contributed by atoms with E-state index in [9.17, 15) is 0 Å². The molecule has 1 saturated carbocycles. The number of aromatic nitrogens is 1. The van der Waals surface area contributed by atoms with Gasteiger partial charge in [0.05, 0.1) is 18.5 Å². The van der Waals surface area contributed by atoms with Crippen LogP contribution in [0, 0.1) is 0 Å². The van der Waals surface area contributed by atoms with Crippen LogP contribution in [-0.4, -0.2) is 11.0 Å². The van der Waals surface area contributed by atoms with Crippen molar-refractivity contribution in [1.82, 2.24) is 10.3 Å². The molecule has 0 bridgehead atoms. The SMILES string of the molecule is c1cnc2c(c1)CCCC2c1ccoc1CNC1CC1. The molecule has 1 N–H and O–H groups in total. The molecule has 0 aliphatic heterocycles. The van der Waals surface area contributed by atoms with Crippen LogP contribution >= 0.6 is 0 Å². The quantitative estimate of drug-likeness (QED) is 0.923. The Labute approximate surface area is 119 Å². The number of aryl methyl sites for hydroxylation is 1. The summed E-state index contributed by atoms with van der Waals surface area (Å²) in [5.74, 6) is 1.51. The predicted octanol–water partition coefficient (Wildman–Crippen LogP) is 3.39. The fourth-order valence-corrected chi connectivity index (χ4v) is 3.24. The second-order valence-electron chi connectivity index (χ2n) is 5.95. The van der Waals surface area contributed by atoms with E-state index in [0.29, 0.717) is 12.0 Å². The predicted molar refractivity (Wildman–Crippen MR) is 77.6 cm³/mol. The van der Waals surface area contributed by atoms with Crippen molar-refractivity contribution in [2.45, 2.75) is 50.6 Å². The maximum absolute atomic E-state index is 5.72. The van der Waals surface area contributed by atoms with E-state index in [1.807, 2.05) is 18.5 Å². The lowest BCUT2D eigenvalue weighted by Gasteiger charge is -2.24. The minimum Gasteiger partial charge on any atom is -0.468 e. The summed E-state index contributed by atoms with van der Waals surface area (Å²) in [6.07, 6.45) is 9.95. The van der Waals surface area contributed by atoms with Crippen LogP contribution in [0.2, 0.25) is 0 Å². The molecule has 0 aromatic carbocycles. The molecule has 2 aliphatic rings. The summed E-state index contributed by atoms with van der Waals surface area (Å²) >= 11 is 0. The van der Waals surface area contributed by atoms with Gasteiger partial charge in [-0.15, -0.1) is 0 Å². The van der Waals surface area contributed by atoms with Crippen LogP contribution in [0.1, 0.15) is 54.2 Å². The Morgan fingerprint density at radius 1 is 1.25 bits per heavy atom. The molecule has 2 aromatic heterocycles. The highest BCUT2D eigenvalue weighted by Gasteiger charge is 2.27. The van der Waals surface area contributed by atoms with Gasteiger partial charge in [0, 0.05) is 23.7 Å². The first-order valence-electron chi connectivity index (χ1n) is 7.65. The van der Waals surface area contributed by atoms with Crippen molar-refractivity contribution in [1.29, 1.82) is 0 Å². The summed E-state index contributed by atoms with van der Waals surface area (Å²) in [6, 6.07) is 7.12. The number of nitrogens with zero attached hydrogens (tertiary/aromatic N) is 1. The molecule has 3 nitrogen and oxygen atoms in total. The molecule has 4 rings (SSSR count). The van der Waals surface area contributed by atoms with Gasteiger partial charge in [-0.1, -0.05) is 6.07 Å².